The summed E-state index contributed by atoms with van der Waals surface area (Å²) in [6, 6.07) is 17.2. The second-order valence-electron chi connectivity index (χ2n) is 5.82. The molecule has 0 fully saturated rings. The lowest BCUT2D eigenvalue weighted by atomic mass is 10.0. The van der Waals surface area contributed by atoms with E-state index in [9.17, 15) is 9.59 Å². The van der Waals surface area contributed by atoms with Crippen molar-refractivity contribution < 1.29 is 19.1 Å². The highest BCUT2D eigenvalue weighted by atomic mass is 16.5. The quantitative estimate of drug-likeness (QED) is 0.668. The Balaban J connectivity index is 2.36. The van der Waals surface area contributed by atoms with Crippen LogP contribution in [0.2, 0.25) is 0 Å². The average Bonchev–Trinajstić information content (AvgIpc) is 3.08. The van der Waals surface area contributed by atoms with Crippen molar-refractivity contribution in [3.8, 4) is 16.9 Å². The van der Waals surface area contributed by atoms with E-state index in [1.807, 2.05) is 66.1 Å². The summed E-state index contributed by atoms with van der Waals surface area (Å²) in [5.41, 5.74) is 3.66. The Morgan fingerprint density at radius 2 is 1.46 bits per heavy atom. The molecular weight excluding hydrogens is 330 g/mol. The van der Waals surface area contributed by atoms with Crippen LogP contribution in [0.15, 0.2) is 60.8 Å². The maximum Gasteiger partial charge on any atom is 0.340 e. The summed E-state index contributed by atoms with van der Waals surface area (Å²) >= 11 is 0. The van der Waals surface area contributed by atoms with Gasteiger partial charge in [0.15, 0.2) is 0 Å². The fraction of sp³-hybridized carbons (Fsp3) is 0.143. The highest BCUT2D eigenvalue weighted by Gasteiger charge is 2.28. The third-order valence-electron chi connectivity index (χ3n) is 4.16. The van der Waals surface area contributed by atoms with Gasteiger partial charge < -0.3 is 14.0 Å². The number of carbonyl (C=O) groups is 2. The molecule has 0 unspecified atom stereocenters. The number of ether oxygens (including phenoxy) is 2. The van der Waals surface area contributed by atoms with Crippen molar-refractivity contribution >= 4 is 11.9 Å². The van der Waals surface area contributed by atoms with Gasteiger partial charge in [0.1, 0.15) is 5.56 Å². The Hall–Kier alpha value is -3.34. The highest BCUT2D eigenvalue weighted by Crippen LogP contribution is 2.32. The molecule has 26 heavy (non-hydrogen) atoms. The summed E-state index contributed by atoms with van der Waals surface area (Å²) in [6.07, 6.45) is 1.61. The van der Waals surface area contributed by atoms with Gasteiger partial charge in [-0.05, 0) is 24.6 Å². The molecule has 0 spiro atoms. The van der Waals surface area contributed by atoms with E-state index in [-0.39, 0.29) is 11.1 Å². The zero-order valence-electron chi connectivity index (χ0n) is 14.9. The predicted octanol–water partition coefficient (Wildman–Crippen LogP) is 4.03. The third kappa shape index (κ3) is 3.11. The molecule has 0 saturated carbocycles. The van der Waals surface area contributed by atoms with Gasteiger partial charge in [-0.3, -0.25) is 0 Å². The SMILES string of the molecule is COC(=O)c1cn(-c2ccccc2)c(-c2ccc(C)cc2)c1C(=O)OC. The number of methoxy groups -OCH3 is 2. The number of para-hydroxylation sites is 1. The molecule has 0 aliphatic carbocycles. The minimum absolute atomic E-state index is 0.166. The van der Waals surface area contributed by atoms with E-state index in [4.69, 9.17) is 9.47 Å². The molecule has 5 heteroatoms. The summed E-state index contributed by atoms with van der Waals surface area (Å²) in [7, 11) is 2.58. The molecule has 2 aromatic carbocycles. The molecule has 0 bridgehead atoms. The van der Waals surface area contributed by atoms with Crippen LogP contribution in [-0.2, 0) is 9.47 Å². The molecule has 0 amide bonds. The number of benzene rings is 2. The maximum atomic E-state index is 12.5. The second kappa shape index (κ2) is 7.27. The molecule has 0 N–H and O–H groups in total. The number of aromatic nitrogens is 1. The standard InChI is InChI=1S/C21H19NO4/c1-14-9-11-15(12-10-14)19-18(21(24)26-3)17(20(23)25-2)13-22(19)16-7-5-4-6-8-16/h4-13H,1-3H3. The Kier molecular flexibility index (Phi) is 4.89. The molecule has 1 aromatic heterocycles. The zero-order valence-corrected chi connectivity index (χ0v) is 14.9. The van der Waals surface area contributed by atoms with E-state index in [2.05, 4.69) is 0 Å². The van der Waals surface area contributed by atoms with Gasteiger partial charge in [-0.15, -0.1) is 0 Å². The van der Waals surface area contributed by atoms with Gasteiger partial charge in [0, 0.05) is 11.9 Å². The lowest BCUT2D eigenvalue weighted by Gasteiger charge is -2.11. The van der Waals surface area contributed by atoms with Crippen LogP contribution in [0.1, 0.15) is 26.3 Å². The first-order chi connectivity index (χ1) is 12.6. The van der Waals surface area contributed by atoms with Crippen LogP contribution in [-0.4, -0.2) is 30.7 Å². The van der Waals surface area contributed by atoms with Gasteiger partial charge in [-0.2, -0.15) is 0 Å². The van der Waals surface area contributed by atoms with E-state index < -0.39 is 11.9 Å². The Morgan fingerprint density at radius 3 is 2.04 bits per heavy atom. The first-order valence-corrected chi connectivity index (χ1v) is 8.11. The van der Waals surface area contributed by atoms with Crippen molar-refractivity contribution in [1.82, 2.24) is 4.57 Å². The fourth-order valence-electron chi connectivity index (χ4n) is 2.87. The van der Waals surface area contributed by atoms with Gasteiger partial charge >= 0.3 is 11.9 Å². The Bertz CT molecular complexity index is 940. The van der Waals surface area contributed by atoms with E-state index >= 15 is 0 Å². The van der Waals surface area contributed by atoms with E-state index in [0.29, 0.717) is 5.69 Å². The summed E-state index contributed by atoms with van der Waals surface area (Å²) in [5, 5.41) is 0. The number of esters is 2. The fourth-order valence-corrected chi connectivity index (χ4v) is 2.87. The van der Waals surface area contributed by atoms with Crippen LogP contribution in [0.3, 0.4) is 0 Å². The molecule has 3 aromatic rings. The smallest absolute Gasteiger partial charge is 0.340 e. The van der Waals surface area contributed by atoms with Crippen LogP contribution < -0.4 is 0 Å². The van der Waals surface area contributed by atoms with Crippen LogP contribution in [0, 0.1) is 6.92 Å². The second-order valence-corrected chi connectivity index (χ2v) is 5.82. The molecule has 1 heterocycles. The number of nitrogens with zero attached hydrogens (tertiary/aromatic N) is 1. The van der Waals surface area contributed by atoms with Crippen molar-refractivity contribution in [2.45, 2.75) is 6.92 Å². The molecule has 5 nitrogen and oxygen atoms in total. The summed E-state index contributed by atoms with van der Waals surface area (Å²) in [5.74, 6) is -1.18. The minimum Gasteiger partial charge on any atom is -0.465 e. The van der Waals surface area contributed by atoms with Gasteiger partial charge in [-0.1, -0.05) is 48.0 Å². The predicted molar refractivity (Wildman–Crippen MR) is 98.6 cm³/mol. The van der Waals surface area contributed by atoms with Crippen molar-refractivity contribution in [3.05, 3.63) is 77.5 Å². The normalized spacial score (nSPS) is 10.4. The van der Waals surface area contributed by atoms with Crippen molar-refractivity contribution in [2.24, 2.45) is 0 Å². The summed E-state index contributed by atoms with van der Waals surface area (Å²) in [4.78, 5) is 24.8. The van der Waals surface area contributed by atoms with Crippen LogP contribution in [0.25, 0.3) is 16.9 Å². The topological polar surface area (TPSA) is 57.5 Å². The molecule has 132 valence electrons. The first kappa shape index (κ1) is 17.5. The lowest BCUT2D eigenvalue weighted by molar-refractivity contribution is 0.0557. The van der Waals surface area contributed by atoms with Crippen molar-refractivity contribution in [3.63, 3.8) is 0 Å². The number of aryl methyl sites for hydroxylation is 1. The van der Waals surface area contributed by atoms with Gasteiger partial charge in [0.2, 0.25) is 0 Å². The molecule has 3 rings (SSSR count). The Labute approximate surface area is 151 Å². The van der Waals surface area contributed by atoms with Crippen molar-refractivity contribution in [2.75, 3.05) is 14.2 Å². The minimum atomic E-state index is -0.589. The molecular formula is C21H19NO4. The molecule has 0 aliphatic heterocycles. The molecule has 0 saturated heterocycles. The Morgan fingerprint density at radius 1 is 0.846 bits per heavy atom. The largest absolute Gasteiger partial charge is 0.465 e. The van der Waals surface area contributed by atoms with Crippen molar-refractivity contribution in [1.29, 1.82) is 0 Å². The zero-order chi connectivity index (χ0) is 18.7. The van der Waals surface area contributed by atoms with Gasteiger partial charge in [0.05, 0.1) is 25.5 Å². The van der Waals surface area contributed by atoms with Gasteiger partial charge in [0.25, 0.3) is 0 Å². The molecule has 0 aliphatic rings. The lowest BCUT2D eigenvalue weighted by Crippen LogP contribution is -2.10. The van der Waals surface area contributed by atoms with Crippen LogP contribution in [0.5, 0.6) is 0 Å². The maximum absolute atomic E-state index is 12.5. The number of hydrogen-bond donors (Lipinski definition) is 0. The number of rotatable bonds is 4. The van der Waals surface area contributed by atoms with E-state index in [1.54, 1.807) is 6.20 Å². The van der Waals surface area contributed by atoms with Crippen LogP contribution >= 0.6 is 0 Å². The van der Waals surface area contributed by atoms with E-state index in [0.717, 1.165) is 16.8 Å². The number of hydrogen-bond acceptors (Lipinski definition) is 4. The summed E-state index contributed by atoms with van der Waals surface area (Å²) in [6.45, 7) is 1.99. The van der Waals surface area contributed by atoms with E-state index in [1.165, 1.54) is 14.2 Å². The highest BCUT2D eigenvalue weighted by molar-refractivity contribution is 6.08. The average molecular weight is 349 g/mol. The third-order valence-corrected chi connectivity index (χ3v) is 4.16. The molecule has 0 radical (unpaired) electrons. The van der Waals surface area contributed by atoms with Crippen LogP contribution in [0.4, 0.5) is 0 Å². The monoisotopic (exact) mass is 349 g/mol. The number of carbonyl (C=O) groups excluding carboxylic acids is 2. The molecule has 0 atom stereocenters. The first-order valence-electron chi connectivity index (χ1n) is 8.11. The summed E-state index contributed by atoms with van der Waals surface area (Å²) < 4.78 is 11.6. The van der Waals surface area contributed by atoms with Gasteiger partial charge in [-0.25, -0.2) is 9.59 Å².